The lowest BCUT2D eigenvalue weighted by Gasteiger charge is -2.39. The maximum Gasteiger partial charge on any atom is 0.247 e. The van der Waals surface area contributed by atoms with Gasteiger partial charge in [0.15, 0.2) is 0 Å². The number of carbonyl (C=O) groups excluding carboxylic acids is 2. The molecule has 2 heterocycles. The number of anilines is 1. The normalized spacial score (nSPS) is 16.6. The molecule has 0 N–H and O–H groups in total. The zero-order chi connectivity index (χ0) is 23.7. The monoisotopic (exact) mass is 455 g/mol. The molecular weight excluding hydrogens is 422 g/mol. The van der Waals surface area contributed by atoms with Crippen LogP contribution < -0.4 is 4.90 Å². The predicted octanol–water partition coefficient (Wildman–Crippen LogP) is 5.79. The summed E-state index contributed by atoms with van der Waals surface area (Å²) in [5.41, 5.74) is 5.19. The second kappa shape index (κ2) is 9.49. The van der Waals surface area contributed by atoms with Gasteiger partial charge in [-0.3, -0.25) is 14.5 Å². The molecule has 2 amide bonds. The van der Waals surface area contributed by atoms with Crippen LogP contribution in [-0.4, -0.2) is 33.9 Å². The van der Waals surface area contributed by atoms with Crippen LogP contribution in [0.25, 0.3) is 5.69 Å². The Bertz CT molecular complexity index is 1180. The Labute approximate surface area is 202 Å². The fourth-order valence-electron chi connectivity index (χ4n) is 5.03. The van der Waals surface area contributed by atoms with Crippen LogP contribution in [0, 0.1) is 6.92 Å². The number of fused-ring (bicyclic) bond motifs is 3. The van der Waals surface area contributed by atoms with Crippen molar-refractivity contribution in [2.75, 3.05) is 11.4 Å². The molecule has 1 fully saturated rings. The van der Waals surface area contributed by atoms with Crippen LogP contribution in [-0.2, 0) is 9.59 Å². The van der Waals surface area contributed by atoms with Crippen molar-refractivity contribution >= 4 is 17.5 Å². The summed E-state index contributed by atoms with van der Waals surface area (Å²) in [5, 5.41) is 0. The third-order valence-corrected chi connectivity index (χ3v) is 6.99. The van der Waals surface area contributed by atoms with Gasteiger partial charge in [0.1, 0.15) is 12.6 Å². The quantitative estimate of drug-likeness (QED) is 0.404. The van der Waals surface area contributed by atoms with Gasteiger partial charge in [-0.15, -0.1) is 0 Å². The fourth-order valence-corrected chi connectivity index (χ4v) is 5.03. The molecule has 1 saturated carbocycles. The van der Waals surface area contributed by atoms with Crippen LogP contribution in [0.3, 0.4) is 0 Å². The number of hydrogen-bond acceptors (Lipinski definition) is 2. The number of unbranched alkanes of at least 4 members (excludes halogenated alkanes) is 2. The molecule has 5 nitrogen and oxygen atoms in total. The number of nitrogens with zero attached hydrogens (tertiary/aromatic N) is 3. The van der Waals surface area contributed by atoms with Crippen molar-refractivity contribution in [3.8, 4) is 5.69 Å². The van der Waals surface area contributed by atoms with E-state index in [9.17, 15) is 9.59 Å². The molecule has 34 heavy (non-hydrogen) atoms. The minimum Gasteiger partial charge on any atom is -0.330 e. The van der Waals surface area contributed by atoms with Crippen LogP contribution >= 0.6 is 0 Å². The second-order valence-corrected chi connectivity index (χ2v) is 9.58. The van der Waals surface area contributed by atoms with Gasteiger partial charge in [0.2, 0.25) is 11.8 Å². The minimum absolute atomic E-state index is 0.0267. The summed E-state index contributed by atoms with van der Waals surface area (Å²) >= 11 is 0. The fraction of sp³-hybridized carbons (Fsp3) is 0.379. The standard InChI is InChI=1S/C29H33N3O2/c1-3-4-5-12-27(33)31(23-17-18-23)20-28(34)32-25-10-7-6-9-24(25)30-19-8-11-26(30)29(32)22-15-13-21(2)14-16-22/h6-11,13-16,19,23,29H,3-5,12,17-18,20H2,1-2H3. The number of rotatable bonds is 8. The summed E-state index contributed by atoms with van der Waals surface area (Å²) in [6.07, 6.45) is 7.59. The summed E-state index contributed by atoms with van der Waals surface area (Å²) in [6.45, 7) is 4.35. The van der Waals surface area contributed by atoms with Crippen molar-refractivity contribution in [2.45, 2.75) is 64.5 Å². The Kier molecular flexibility index (Phi) is 6.27. The highest BCUT2D eigenvalue weighted by molar-refractivity contribution is 6.00. The van der Waals surface area contributed by atoms with E-state index >= 15 is 0 Å². The lowest BCUT2D eigenvalue weighted by molar-refractivity contribution is -0.136. The van der Waals surface area contributed by atoms with Gasteiger partial charge < -0.3 is 9.47 Å². The summed E-state index contributed by atoms with van der Waals surface area (Å²) in [7, 11) is 0. The lowest BCUT2D eigenvalue weighted by atomic mass is 9.97. The number of aryl methyl sites for hydroxylation is 1. The Hall–Kier alpha value is -3.34. The third kappa shape index (κ3) is 4.27. The average molecular weight is 456 g/mol. The van der Waals surface area contributed by atoms with Crippen LogP contribution in [0.15, 0.2) is 66.9 Å². The first kappa shape index (κ1) is 22.5. The number of benzene rings is 2. The second-order valence-electron chi connectivity index (χ2n) is 9.58. The van der Waals surface area contributed by atoms with E-state index in [1.165, 1.54) is 5.56 Å². The molecule has 1 atom stereocenters. The van der Waals surface area contributed by atoms with Crippen molar-refractivity contribution in [1.82, 2.24) is 9.47 Å². The van der Waals surface area contributed by atoms with E-state index < -0.39 is 0 Å². The van der Waals surface area contributed by atoms with Gasteiger partial charge in [-0.1, -0.05) is 61.7 Å². The molecule has 5 rings (SSSR count). The van der Waals surface area contributed by atoms with E-state index in [-0.39, 0.29) is 30.4 Å². The highest BCUT2D eigenvalue weighted by Gasteiger charge is 2.39. The van der Waals surface area contributed by atoms with E-state index in [1.807, 2.05) is 34.1 Å². The molecule has 1 aliphatic heterocycles. The lowest BCUT2D eigenvalue weighted by Crippen LogP contribution is -2.47. The predicted molar refractivity (Wildman–Crippen MR) is 135 cm³/mol. The van der Waals surface area contributed by atoms with Gasteiger partial charge in [-0.05, 0) is 56.0 Å². The van der Waals surface area contributed by atoms with Crippen molar-refractivity contribution in [3.05, 3.63) is 83.7 Å². The van der Waals surface area contributed by atoms with Crippen LogP contribution in [0.5, 0.6) is 0 Å². The summed E-state index contributed by atoms with van der Waals surface area (Å²) in [6, 6.07) is 20.6. The van der Waals surface area contributed by atoms with E-state index in [0.717, 1.165) is 54.7 Å². The van der Waals surface area contributed by atoms with Crippen LogP contribution in [0.1, 0.15) is 68.3 Å². The van der Waals surface area contributed by atoms with E-state index in [0.29, 0.717) is 6.42 Å². The maximum absolute atomic E-state index is 14.0. The zero-order valence-corrected chi connectivity index (χ0v) is 20.1. The summed E-state index contributed by atoms with van der Waals surface area (Å²) in [4.78, 5) is 30.9. The Balaban J connectivity index is 1.51. The summed E-state index contributed by atoms with van der Waals surface area (Å²) < 4.78 is 2.18. The molecular formula is C29H33N3O2. The van der Waals surface area contributed by atoms with Crippen molar-refractivity contribution in [1.29, 1.82) is 0 Å². The first-order valence-electron chi connectivity index (χ1n) is 12.5. The maximum atomic E-state index is 14.0. The van der Waals surface area contributed by atoms with Crippen molar-refractivity contribution < 1.29 is 9.59 Å². The highest BCUT2D eigenvalue weighted by atomic mass is 16.2. The number of para-hydroxylation sites is 2. The molecule has 2 aliphatic rings. The van der Waals surface area contributed by atoms with Gasteiger partial charge in [-0.2, -0.15) is 0 Å². The molecule has 1 aromatic heterocycles. The molecule has 176 valence electrons. The van der Waals surface area contributed by atoms with Gasteiger partial charge in [0, 0.05) is 18.7 Å². The smallest absolute Gasteiger partial charge is 0.247 e. The average Bonchev–Trinajstić information content (AvgIpc) is 3.57. The highest BCUT2D eigenvalue weighted by Crippen LogP contribution is 2.42. The van der Waals surface area contributed by atoms with Gasteiger partial charge in [0.25, 0.3) is 0 Å². The molecule has 1 unspecified atom stereocenters. The van der Waals surface area contributed by atoms with Crippen LogP contribution in [0.2, 0.25) is 0 Å². The topological polar surface area (TPSA) is 45.6 Å². The number of amides is 2. The van der Waals surface area contributed by atoms with E-state index in [4.69, 9.17) is 0 Å². The van der Waals surface area contributed by atoms with Crippen LogP contribution in [0.4, 0.5) is 5.69 Å². The Morgan fingerprint density at radius 3 is 2.38 bits per heavy atom. The molecule has 0 radical (unpaired) electrons. The minimum atomic E-state index is -0.241. The first-order valence-corrected chi connectivity index (χ1v) is 12.5. The zero-order valence-electron chi connectivity index (χ0n) is 20.1. The van der Waals surface area contributed by atoms with Crippen molar-refractivity contribution in [2.24, 2.45) is 0 Å². The number of hydrogen-bond donors (Lipinski definition) is 0. The van der Waals surface area contributed by atoms with Gasteiger partial charge in [0.05, 0.1) is 17.1 Å². The van der Waals surface area contributed by atoms with Crippen molar-refractivity contribution in [3.63, 3.8) is 0 Å². The van der Waals surface area contributed by atoms with Gasteiger partial charge in [-0.25, -0.2) is 0 Å². The SMILES string of the molecule is CCCCCC(=O)N(CC(=O)N1c2ccccc2-n2cccc2C1c1ccc(C)cc1)C1CC1. The van der Waals surface area contributed by atoms with E-state index in [2.05, 4.69) is 61.0 Å². The molecule has 0 saturated heterocycles. The number of aromatic nitrogens is 1. The summed E-state index contributed by atoms with van der Waals surface area (Å²) in [5.74, 6) is 0.0890. The molecule has 5 heteroatoms. The third-order valence-electron chi connectivity index (χ3n) is 6.99. The largest absolute Gasteiger partial charge is 0.330 e. The molecule has 0 bridgehead atoms. The van der Waals surface area contributed by atoms with E-state index in [1.54, 1.807) is 0 Å². The molecule has 2 aromatic carbocycles. The Morgan fingerprint density at radius 2 is 1.68 bits per heavy atom. The van der Waals surface area contributed by atoms with Gasteiger partial charge >= 0.3 is 0 Å². The number of carbonyl (C=O) groups is 2. The molecule has 3 aromatic rings. The first-order chi connectivity index (χ1) is 16.6. The Morgan fingerprint density at radius 1 is 0.941 bits per heavy atom. The molecule has 0 spiro atoms. The molecule has 1 aliphatic carbocycles.